The van der Waals surface area contributed by atoms with Crippen LogP contribution in [0, 0.1) is 0 Å². The van der Waals surface area contributed by atoms with E-state index in [-0.39, 0.29) is 0 Å². The van der Waals surface area contributed by atoms with Crippen molar-refractivity contribution >= 4 is 27.5 Å². The first-order chi connectivity index (χ1) is 11.3. The van der Waals surface area contributed by atoms with Gasteiger partial charge in [0.05, 0.1) is 5.56 Å². The van der Waals surface area contributed by atoms with Crippen LogP contribution in [0.1, 0.15) is 10.4 Å². The van der Waals surface area contributed by atoms with Crippen LogP contribution in [-0.2, 0) is 0 Å². The molecule has 0 fully saturated rings. The van der Waals surface area contributed by atoms with Gasteiger partial charge in [-0.25, -0.2) is 4.79 Å². The van der Waals surface area contributed by atoms with Crippen molar-refractivity contribution in [2.75, 3.05) is 0 Å². The Bertz CT molecular complexity index is 982. The molecule has 0 bridgehead atoms. The minimum absolute atomic E-state index is 0.356. The molecule has 0 saturated carbocycles. The number of hydrogen-bond donors (Lipinski definition) is 1. The lowest BCUT2D eigenvalue weighted by Crippen LogP contribution is -2.00. The van der Waals surface area contributed by atoms with Gasteiger partial charge in [-0.1, -0.05) is 48.5 Å². The van der Waals surface area contributed by atoms with Crippen molar-refractivity contribution < 1.29 is 9.90 Å². The van der Waals surface area contributed by atoms with Gasteiger partial charge in [-0.15, -0.1) is 0 Å². The predicted molar refractivity (Wildman–Crippen MR) is 91.6 cm³/mol. The van der Waals surface area contributed by atoms with Crippen molar-refractivity contribution in [3.8, 4) is 11.1 Å². The minimum atomic E-state index is -0.904. The monoisotopic (exact) mass is 299 g/mol. The average molecular weight is 299 g/mol. The zero-order chi connectivity index (χ0) is 15.8. The van der Waals surface area contributed by atoms with Crippen LogP contribution in [0.4, 0.5) is 0 Å². The van der Waals surface area contributed by atoms with Gasteiger partial charge in [0.25, 0.3) is 0 Å². The van der Waals surface area contributed by atoms with Crippen molar-refractivity contribution in [1.29, 1.82) is 0 Å². The van der Waals surface area contributed by atoms with E-state index in [0.29, 0.717) is 5.56 Å². The van der Waals surface area contributed by atoms with E-state index in [1.54, 1.807) is 12.4 Å². The lowest BCUT2D eigenvalue weighted by molar-refractivity contribution is 0.0701. The highest BCUT2D eigenvalue weighted by molar-refractivity contribution is 6.22. The molecule has 3 heteroatoms. The van der Waals surface area contributed by atoms with Gasteiger partial charge in [-0.2, -0.15) is 0 Å². The second-order valence-electron chi connectivity index (χ2n) is 5.38. The van der Waals surface area contributed by atoms with Gasteiger partial charge in [-0.3, -0.25) is 4.98 Å². The summed E-state index contributed by atoms with van der Waals surface area (Å²) in [6, 6.07) is 19.2. The Labute approximate surface area is 132 Å². The molecule has 3 nitrogen and oxygen atoms in total. The molecular weight excluding hydrogens is 286 g/mol. The summed E-state index contributed by atoms with van der Waals surface area (Å²) in [6.45, 7) is 0. The third-order valence-corrected chi connectivity index (χ3v) is 4.11. The lowest BCUT2D eigenvalue weighted by atomic mass is 9.89. The topological polar surface area (TPSA) is 50.2 Å². The number of carbonyl (C=O) groups is 1. The maximum atomic E-state index is 11.9. The van der Waals surface area contributed by atoms with Crippen LogP contribution in [0.2, 0.25) is 0 Å². The van der Waals surface area contributed by atoms with Crippen LogP contribution in [0.15, 0.2) is 73.1 Å². The van der Waals surface area contributed by atoms with Crippen LogP contribution >= 0.6 is 0 Å². The fraction of sp³-hybridized carbons (Fsp3) is 0. The maximum absolute atomic E-state index is 11.9. The molecular formula is C20H13NO2. The fourth-order valence-electron chi connectivity index (χ4n) is 3.19. The molecule has 0 atom stereocenters. The number of rotatable bonds is 2. The summed E-state index contributed by atoms with van der Waals surface area (Å²) in [4.78, 5) is 15.9. The normalized spacial score (nSPS) is 11.0. The van der Waals surface area contributed by atoms with Gasteiger partial charge in [0.15, 0.2) is 0 Å². The fourth-order valence-corrected chi connectivity index (χ4v) is 3.19. The molecule has 0 aliphatic rings. The summed E-state index contributed by atoms with van der Waals surface area (Å²) in [5.41, 5.74) is 2.43. The van der Waals surface area contributed by atoms with Crippen molar-refractivity contribution in [2.24, 2.45) is 0 Å². The molecule has 1 aromatic heterocycles. The standard InChI is InChI=1S/C20H13NO2/c22-20(23)19-16-7-3-1-5-14(16)18(13-9-11-21-12-10-13)15-6-2-4-8-17(15)19/h1-12H,(H,22,23). The number of carboxylic acids is 1. The van der Waals surface area contributed by atoms with E-state index in [1.807, 2.05) is 60.7 Å². The molecule has 0 unspecified atom stereocenters. The molecule has 4 rings (SSSR count). The molecule has 23 heavy (non-hydrogen) atoms. The summed E-state index contributed by atoms with van der Waals surface area (Å²) in [5.74, 6) is -0.904. The Morgan fingerprint density at radius 2 is 1.22 bits per heavy atom. The van der Waals surface area contributed by atoms with Gasteiger partial charge in [0, 0.05) is 12.4 Å². The van der Waals surface area contributed by atoms with E-state index in [4.69, 9.17) is 0 Å². The van der Waals surface area contributed by atoms with E-state index < -0.39 is 5.97 Å². The molecule has 0 amide bonds. The Balaban J connectivity index is 2.30. The first-order valence-corrected chi connectivity index (χ1v) is 7.34. The van der Waals surface area contributed by atoms with E-state index in [9.17, 15) is 9.90 Å². The van der Waals surface area contributed by atoms with Crippen molar-refractivity contribution in [3.63, 3.8) is 0 Å². The minimum Gasteiger partial charge on any atom is -0.478 e. The van der Waals surface area contributed by atoms with Gasteiger partial charge < -0.3 is 5.11 Å². The van der Waals surface area contributed by atoms with Crippen LogP contribution in [0.25, 0.3) is 32.7 Å². The quantitative estimate of drug-likeness (QED) is 0.543. The Hall–Kier alpha value is -3.20. The van der Waals surface area contributed by atoms with Crippen LogP contribution in [0.5, 0.6) is 0 Å². The molecule has 110 valence electrons. The molecule has 3 aromatic carbocycles. The second kappa shape index (κ2) is 5.21. The van der Waals surface area contributed by atoms with E-state index in [2.05, 4.69) is 4.98 Å². The molecule has 4 aromatic rings. The van der Waals surface area contributed by atoms with E-state index in [0.717, 1.165) is 32.7 Å². The van der Waals surface area contributed by atoms with E-state index in [1.165, 1.54) is 0 Å². The van der Waals surface area contributed by atoms with Gasteiger partial charge in [0.1, 0.15) is 0 Å². The van der Waals surface area contributed by atoms with Gasteiger partial charge in [-0.05, 0) is 44.8 Å². The molecule has 0 radical (unpaired) electrons. The summed E-state index contributed by atoms with van der Waals surface area (Å²) in [5, 5.41) is 13.1. The highest BCUT2D eigenvalue weighted by Crippen LogP contribution is 2.38. The van der Waals surface area contributed by atoms with Gasteiger partial charge >= 0.3 is 5.97 Å². The first-order valence-electron chi connectivity index (χ1n) is 7.34. The average Bonchev–Trinajstić information content (AvgIpc) is 2.59. The molecule has 1 N–H and O–H groups in total. The van der Waals surface area contributed by atoms with Crippen LogP contribution in [-0.4, -0.2) is 16.1 Å². The number of aromatic nitrogens is 1. The molecule has 0 aliphatic heterocycles. The highest BCUT2D eigenvalue weighted by atomic mass is 16.4. The SMILES string of the molecule is O=C(O)c1c2ccccc2c(-c2ccncc2)c2ccccc12. The number of fused-ring (bicyclic) bond motifs is 2. The second-order valence-corrected chi connectivity index (χ2v) is 5.38. The summed E-state index contributed by atoms with van der Waals surface area (Å²) >= 11 is 0. The van der Waals surface area contributed by atoms with Crippen molar-refractivity contribution in [2.45, 2.75) is 0 Å². The van der Waals surface area contributed by atoms with Crippen molar-refractivity contribution in [3.05, 3.63) is 78.6 Å². The largest absolute Gasteiger partial charge is 0.478 e. The number of pyridine rings is 1. The zero-order valence-electron chi connectivity index (χ0n) is 12.2. The lowest BCUT2D eigenvalue weighted by Gasteiger charge is -2.14. The van der Waals surface area contributed by atoms with Crippen LogP contribution in [0.3, 0.4) is 0 Å². The van der Waals surface area contributed by atoms with E-state index >= 15 is 0 Å². The smallest absolute Gasteiger partial charge is 0.336 e. The predicted octanol–water partition coefficient (Wildman–Crippen LogP) is 4.75. The van der Waals surface area contributed by atoms with Crippen molar-refractivity contribution in [1.82, 2.24) is 4.98 Å². The molecule has 0 spiro atoms. The number of hydrogen-bond acceptors (Lipinski definition) is 2. The highest BCUT2D eigenvalue weighted by Gasteiger charge is 2.18. The summed E-state index contributed by atoms with van der Waals surface area (Å²) in [7, 11) is 0. The summed E-state index contributed by atoms with van der Waals surface area (Å²) in [6.07, 6.45) is 3.51. The Morgan fingerprint density at radius 3 is 1.70 bits per heavy atom. The van der Waals surface area contributed by atoms with Gasteiger partial charge in [0.2, 0.25) is 0 Å². The number of benzene rings is 3. The first kappa shape index (κ1) is 13.5. The number of carboxylic acid groups (broad SMARTS) is 1. The van der Waals surface area contributed by atoms with Crippen LogP contribution < -0.4 is 0 Å². The molecule has 0 saturated heterocycles. The summed E-state index contributed by atoms with van der Waals surface area (Å²) < 4.78 is 0. The Kier molecular flexibility index (Phi) is 3.05. The third kappa shape index (κ3) is 2.06. The number of aromatic carboxylic acids is 1. The third-order valence-electron chi connectivity index (χ3n) is 4.11. The zero-order valence-corrected chi connectivity index (χ0v) is 12.2. The number of nitrogens with zero attached hydrogens (tertiary/aromatic N) is 1. The molecule has 0 aliphatic carbocycles. The maximum Gasteiger partial charge on any atom is 0.336 e. The Morgan fingerprint density at radius 1 is 0.739 bits per heavy atom. The molecule has 1 heterocycles.